The van der Waals surface area contributed by atoms with E-state index in [1.165, 1.54) is 4.88 Å². The van der Waals surface area contributed by atoms with Crippen molar-refractivity contribution >= 4 is 39.8 Å². The molecule has 0 aromatic carbocycles. The molecule has 0 amide bonds. The third kappa shape index (κ3) is 3.34. The molecule has 1 unspecified atom stereocenters. The second-order valence-corrected chi connectivity index (χ2v) is 6.38. The second-order valence-electron chi connectivity index (χ2n) is 5.01. The lowest BCUT2D eigenvalue weighted by atomic mass is 10.2. The third-order valence-electron chi connectivity index (χ3n) is 3.07. The molecular formula is C14H16ClN5S. The first-order valence-electron chi connectivity index (χ1n) is 6.69. The zero-order valence-electron chi connectivity index (χ0n) is 11.6. The molecular weight excluding hydrogens is 306 g/mol. The molecule has 0 spiro atoms. The molecule has 0 fully saturated rings. The molecule has 1 atom stereocenters. The van der Waals surface area contributed by atoms with E-state index >= 15 is 0 Å². The van der Waals surface area contributed by atoms with Crippen molar-refractivity contribution in [2.24, 2.45) is 5.73 Å². The van der Waals surface area contributed by atoms with Gasteiger partial charge in [-0.15, -0.1) is 11.3 Å². The summed E-state index contributed by atoms with van der Waals surface area (Å²) in [5.41, 5.74) is 7.61. The molecule has 3 rings (SSSR count). The molecule has 0 aliphatic heterocycles. The highest BCUT2D eigenvalue weighted by Crippen LogP contribution is 2.24. The van der Waals surface area contributed by atoms with E-state index in [0.29, 0.717) is 6.54 Å². The van der Waals surface area contributed by atoms with Gasteiger partial charge in [0.05, 0.1) is 11.9 Å². The van der Waals surface area contributed by atoms with Gasteiger partial charge in [0.25, 0.3) is 0 Å². The smallest absolute Gasteiger partial charge is 0.226 e. The van der Waals surface area contributed by atoms with Gasteiger partial charge in [-0.05, 0) is 36.0 Å². The zero-order chi connectivity index (χ0) is 14.8. The van der Waals surface area contributed by atoms with Gasteiger partial charge < -0.3 is 16.0 Å². The lowest BCUT2D eigenvalue weighted by molar-refractivity contribution is 0.726. The number of nitrogens with one attached hydrogen (secondary N) is 2. The van der Waals surface area contributed by atoms with Crippen LogP contribution >= 0.6 is 22.9 Å². The van der Waals surface area contributed by atoms with E-state index in [1.54, 1.807) is 11.3 Å². The van der Waals surface area contributed by atoms with E-state index in [0.717, 1.165) is 29.0 Å². The van der Waals surface area contributed by atoms with Crippen LogP contribution in [0.2, 0.25) is 5.28 Å². The minimum atomic E-state index is 0.0871. The minimum absolute atomic E-state index is 0.0871. The molecule has 110 valence electrons. The number of aromatic nitrogens is 3. The van der Waals surface area contributed by atoms with E-state index in [-0.39, 0.29) is 11.3 Å². The van der Waals surface area contributed by atoms with Gasteiger partial charge in [-0.2, -0.15) is 4.98 Å². The topological polar surface area (TPSA) is 79.6 Å². The third-order valence-corrected chi connectivity index (χ3v) is 4.11. The maximum Gasteiger partial charge on any atom is 0.226 e. The fourth-order valence-corrected chi connectivity index (χ4v) is 3.03. The summed E-state index contributed by atoms with van der Waals surface area (Å²) in [6, 6.07) is 6.23. The molecule has 5 nitrogen and oxygen atoms in total. The number of thiophene rings is 1. The molecule has 0 bridgehead atoms. The highest BCUT2D eigenvalue weighted by atomic mass is 35.5. The van der Waals surface area contributed by atoms with Crippen molar-refractivity contribution in [3.8, 4) is 0 Å². The summed E-state index contributed by atoms with van der Waals surface area (Å²) in [5.74, 6) is 0.741. The Balaban J connectivity index is 1.90. The van der Waals surface area contributed by atoms with E-state index in [2.05, 4.69) is 31.7 Å². The monoisotopic (exact) mass is 321 g/mol. The van der Waals surface area contributed by atoms with Gasteiger partial charge in [0.2, 0.25) is 5.28 Å². The number of H-pyrrole nitrogens is 1. The maximum absolute atomic E-state index is 6.00. The fraction of sp³-hybridized carbons (Fsp3) is 0.286. The quantitative estimate of drug-likeness (QED) is 0.631. The number of rotatable bonds is 5. The van der Waals surface area contributed by atoms with Gasteiger partial charge in [0, 0.05) is 23.0 Å². The SMILES string of the molecule is CC(N)Cc1cc2c(NCc3cccs3)nc(Cl)nc2[nH]1. The first kappa shape index (κ1) is 14.3. The van der Waals surface area contributed by atoms with Gasteiger partial charge in [0.15, 0.2) is 0 Å². The summed E-state index contributed by atoms with van der Waals surface area (Å²) in [7, 11) is 0. The second kappa shape index (κ2) is 6.01. The van der Waals surface area contributed by atoms with Crippen LogP contribution in [0.15, 0.2) is 23.6 Å². The molecule has 0 radical (unpaired) electrons. The van der Waals surface area contributed by atoms with Gasteiger partial charge in [-0.3, -0.25) is 0 Å². The Kier molecular flexibility index (Phi) is 4.10. The van der Waals surface area contributed by atoms with Crippen molar-refractivity contribution in [2.75, 3.05) is 5.32 Å². The maximum atomic E-state index is 6.00. The number of hydrogen-bond acceptors (Lipinski definition) is 5. The largest absolute Gasteiger partial charge is 0.364 e. The number of halogens is 1. The average Bonchev–Trinajstić information content (AvgIpc) is 3.03. The summed E-state index contributed by atoms with van der Waals surface area (Å²) < 4.78 is 0. The van der Waals surface area contributed by atoms with E-state index in [9.17, 15) is 0 Å². The van der Waals surface area contributed by atoms with Crippen molar-refractivity contribution < 1.29 is 0 Å². The molecule has 0 aliphatic rings. The average molecular weight is 322 g/mol. The lowest BCUT2D eigenvalue weighted by Gasteiger charge is -2.05. The highest BCUT2D eigenvalue weighted by molar-refractivity contribution is 7.09. The number of aromatic amines is 1. The van der Waals surface area contributed by atoms with Crippen LogP contribution in [-0.4, -0.2) is 21.0 Å². The summed E-state index contributed by atoms with van der Waals surface area (Å²) in [6.07, 6.45) is 0.762. The Morgan fingerprint density at radius 1 is 1.48 bits per heavy atom. The molecule has 0 saturated heterocycles. The first-order chi connectivity index (χ1) is 10.1. The molecule has 0 saturated carbocycles. The van der Waals surface area contributed by atoms with Crippen LogP contribution < -0.4 is 11.1 Å². The van der Waals surface area contributed by atoms with Gasteiger partial charge in [0.1, 0.15) is 11.5 Å². The summed E-state index contributed by atoms with van der Waals surface area (Å²) in [4.78, 5) is 13.0. The molecule has 3 aromatic heterocycles. The van der Waals surface area contributed by atoms with Crippen molar-refractivity contribution in [3.05, 3.63) is 39.4 Å². The molecule has 0 aliphatic carbocycles. The van der Waals surface area contributed by atoms with Crippen molar-refractivity contribution in [1.29, 1.82) is 0 Å². The van der Waals surface area contributed by atoms with Gasteiger partial charge >= 0.3 is 0 Å². The minimum Gasteiger partial charge on any atom is -0.364 e. The Morgan fingerprint density at radius 2 is 2.33 bits per heavy atom. The zero-order valence-corrected chi connectivity index (χ0v) is 13.1. The Morgan fingerprint density at radius 3 is 3.05 bits per heavy atom. The number of hydrogen-bond donors (Lipinski definition) is 3. The highest BCUT2D eigenvalue weighted by Gasteiger charge is 2.11. The standard InChI is InChI=1S/C14H16ClN5S/c1-8(16)5-9-6-11-12(17-7-10-3-2-4-21-10)19-14(15)20-13(11)18-9/h2-4,6,8H,5,7,16H2,1H3,(H2,17,18,19,20). The molecule has 21 heavy (non-hydrogen) atoms. The Labute approximate surface area is 131 Å². The molecule has 4 N–H and O–H groups in total. The van der Waals surface area contributed by atoms with Crippen molar-refractivity contribution in [3.63, 3.8) is 0 Å². The number of fused-ring (bicyclic) bond motifs is 1. The summed E-state index contributed by atoms with van der Waals surface area (Å²) >= 11 is 7.70. The van der Waals surface area contributed by atoms with Gasteiger partial charge in [-0.25, -0.2) is 4.98 Å². The Hall–Kier alpha value is -1.63. The van der Waals surface area contributed by atoms with Crippen LogP contribution in [-0.2, 0) is 13.0 Å². The summed E-state index contributed by atoms with van der Waals surface area (Å²) in [5, 5.41) is 6.54. The van der Waals surface area contributed by atoms with E-state index in [4.69, 9.17) is 17.3 Å². The molecule has 3 heterocycles. The molecule has 7 heteroatoms. The fourth-order valence-electron chi connectivity index (χ4n) is 2.21. The Bertz CT molecular complexity index is 735. The molecule has 3 aromatic rings. The van der Waals surface area contributed by atoms with Crippen molar-refractivity contribution in [2.45, 2.75) is 25.9 Å². The van der Waals surface area contributed by atoms with Crippen LogP contribution in [0.1, 0.15) is 17.5 Å². The van der Waals surface area contributed by atoms with E-state index in [1.807, 2.05) is 19.1 Å². The number of nitrogens with two attached hydrogens (primary N) is 1. The van der Waals surface area contributed by atoms with Crippen LogP contribution in [0.3, 0.4) is 0 Å². The van der Waals surface area contributed by atoms with Gasteiger partial charge in [-0.1, -0.05) is 6.07 Å². The predicted octanol–water partition coefficient (Wildman–Crippen LogP) is 3.17. The van der Waals surface area contributed by atoms with Crippen LogP contribution in [0.5, 0.6) is 0 Å². The van der Waals surface area contributed by atoms with E-state index < -0.39 is 0 Å². The normalized spacial score (nSPS) is 12.7. The van der Waals surface area contributed by atoms with Crippen molar-refractivity contribution in [1.82, 2.24) is 15.0 Å². The van der Waals surface area contributed by atoms with Crippen LogP contribution in [0, 0.1) is 0 Å². The van der Waals surface area contributed by atoms with Crippen LogP contribution in [0.4, 0.5) is 5.82 Å². The predicted molar refractivity (Wildman–Crippen MR) is 87.9 cm³/mol. The number of anilines is 1. The van der Waals surface area contributed by atoms with Crippen LogP contribution in [0.25, 0.3) is 11.0 Å². The number of nitrogens with zero attached hydrogens (tertiary/aromatic N) is 2. The first-order valence-corrected chi connectivity index (χ1v) is 7.94. The lowest BCUT2D eigenvalue weighted by Crippen LogP contribution is -2.17. The summed E-state index contributed by atoms with van der Waals surface area (Å²) in [6.45, 7) is 2.69.